The molecule has 31 heavy (non-hydrogen) atoms. The Labute approximate surface area is 193 Å². The van der Waals surface area contributed by atoms with Crippen molar-refractivity contribution >= 4 is 50.4 Å². The number of nitrogens with zero attached hydrogens (tertiary/aromatic N) is 1. The smallest absolute Gasteiger partial charge is 0.290 e. The summed E-state index contributed by atoms with van der Waals surface area (Å²) in [5, 5.41) is 13.0. The van der Waals surface area contributed by atoms with Crippen LogP contribution in [0.25, 0.3) is 0 Å². The van der Waals surface area contributed by atoms with Gasteiger partial charge >= 0.3 is 0 Å². The molecule has 0 fully saturated rings. The summed E-state index contributed by atoms with van der Waals surface area (Å²) in [6.45, 7) is 0.190. The van der Waals surface area contributed by atoms with Crippen LogP contribution in [0.1, 0.15) is 16.5 Å². The Balaban J connectivity index is 1.85. The molecule has 5 nitrogen and oxygen atoms in total. The normalized spacial score (nSPS) is 16.9. The number of hydrogen-bond donors (Lipinski definition) is 1. The highest BCUT2D eigenvalue weighted by atomic mass is 35.5. The third kappa shape index (κ3) is 4.13. The van der Waals surface area contributed by atoms with Crippen molar-refractivity contribution in [2.45, 2.75) is 22.4 Å². The van der Waals surface area contributed by atoms with Crippen LogP contribution in [0.3, 0.4) is 0 Å². The molecule has 1 aliphatic heterocycles. The highest BCUT2D eigenvalue weighted by Gasteiger charge is 2.46. The number of carbonyl (C=O) groups excluding carboxylic acids is 1. The molecule has 1 amide bonds. The number of halogens is 1. The number of aliphatic hydroxyl groups is 1. The first-order valence-corrected chi connectivity index (χ1v) is 13.2. The summed E-state index contributed by atoms with van der Waals surface area (Å²) in [6.07, 6.45) is 1.94. The molecule has 0 spiro atoms. The molecule has 0 saturated carbocycles. The monoisotopic (exact) mass is 491 g/mol. The van der Waals surface area contributed by atoms with Gasteiger partial charge in [0, 0.05) is 14.8 Å². The third-order valence-corrected chi connectivity index (χ3v) is 8.75. The Morgan fingerprint density at radius 1 is 1.10 bits per heavy atom. The minimum atomic E-state index is -4.16. The van der Waals surface area contributed by atoms with Gasteiger partial charge in [-0.15, -0.1) is 23.1 Å². The third-order valence-electron chi connectivity index (χ3n) is 5.01. The van der Waals surface area contributed by atoms with Gasteiger partial charge in [0.2, 0.25) is 9.84 Å². The topological polar surface area (TPSA) is 74.7 Å². The number of thioether (sulfide) groups is 1. The highest BCUT2D eigenvalue weighted by molar-refractivity contribution is 7.98. The van der Waals surface area contributed by atoms with E-state index in [0.29, 0.717) is 10.6 Å². The van der Waals surface area contributed by atoms with Gasteiger partial charge in [0.25, 0.3) is 5.91 Å². The predicted octanol–water partition coefficient (Wildman–Crippen LogP) is 5.45. The van der Waals surface area contributed by atoms with E-state index in [2.05, 4.69) is 0 Å². The first-order chi connectivity index (χ1) is 14.8. The summed E-state index contributed by atoms with van der Waals surface area (Å²) in [5.41, 5.74) is 0.610. The number of sulfone groups is 1. The minimum absolute atomic E-state index is 0.0324. The average molecular weight is 492 g/mol. The maximum absolute atomic E-state index is 13.5. The van der Waals surface area contributed by atoms with Crippen LogP contribution in [0.15, 0.2) is 86.5 Å². The zero-order valence-electron chi connectivity index (χ0n) is 16.4. The molecule has 1 atom stereocenters. The van der Waals surface area contributed by atoms with Gasteiger partial charge in [0.05, 0.1) is 17.5 Å². The summed E-state index contributed by atoms with van der Waals surface area (Å²) < 4.78 is 27.0. The van der Waals surface area contributed by atoms with Crippen molar-refractivity contribution < 1.29 is 18.3 Å². The second kappa shape index (κ2) is 8.70. The summed E-state index contributed by atoms with van der Waals surface area (Å²) in [7, 11) is -4.16. The number of amides is 1. The summed E-state index contributed by atoms with van der Waals surface area (Å²) >= 11 is 8.93. The van der Waals surface area contributed by atoms with Gasteiger partial charge in [-0.3, -0.25) is 4.79 Å². The predicted molar refractivity (Wildman–Crippen MR) is 124 cm³/mol. The molecule has 0 radical (unpaired) electrons. The second-order valence-electron chi connectivity index (χ2n) is 6.86. The van der Waals surface area contributed by atoms with Gasteiger partial charge in [0.15, 0.2) is 5.76 Å². The number of carbonyl (C=O) groups is 1. The quantitative estimate of drug-likeness (QED) is 0.464. The van der Waals surface area contributed by atoms with Gasteiger partial charge in [-0.05, 0) is 59.7 Å². The lowest BCUT2D eigenvalue weighted by Gasteiger charge is -2.26. The molecule has 1 aromatic heterocycles. The molecule has 0 saturated heterocycles. The van der Waals surface area contributed by atoms with E-state index in [0.717, 1.165) is 9.77 Å². The van der Waals surface area contributed by atoms with Crippen LogP contribution >= 0.6 is 34.7 Å². The Bertz CT molecular complexity index is 1230. The van der Waals surface area contributed by atoms with Crippen LogP contribution in [0.5, 0.6) is 0 Å². The van der Waals surface area contributed by atoms with Gasteiger partial charge in [-0.25, -0.2) is 8.42 Å². The van der Waals surface area contributed by atoms with E-state index in [1.807, 2.05) is 35.9 Å². The van der Waals surface area contributed by atoms with Crippen molar-refractivity contribution in [3.05, 3.63) is 92.2 Å². The maximum atomic E-state index is 13.5. The van der Waals surface area contributed by atoms with Crippen LogP contribution in [0, 0.1) is 0 Å². The molecule has 4 rings (SSSR count). The summed E-state index contributed by atoms with van der Waals surface area (Å²) in [6, 6.07) is 15.8. The molecule has 1 N–H and O–H groups in total. The molecule has 160 valence electrons. The zero-order valence-corrected chi connectivity index (χ0v) is 19.6. The maximum Gasteiger partial charge on any atom is 0.290 e. The van der Waals surface area contributed by atoms with Gasteiger partial charge < -0.3 is 10.0 Å². The highest BCUT2D eigenvalue weighted by Crippen LogP contribution is 2.43. The van der Waals surface area contributed by atoms with E-state index in [4.69, 9.17) is 11.6 Å². The second-order valence-corrected chi connectivity index (χ2v) is 11.1. The van der Waals surface area contributed by atoms with Crippen molar-refractivity contribution in [1.29, 1.82) is 0 Å². The Hall–Kier alpha value is -2.26. The van der Waals surface area contributed by atoms with Crippen molar-refractivity contribution in [3.63, 3.8) is 0 Å². The Morgan fingerprint density at radius 2 is 1.77 bits per heavy atom. The molecule has 1 unspecified atom stereocenters. The van der Waals surface area contributed by atoms with E-state index >= 15 is 0 Å². The molecule has 1 aliphatic rings. The number of thiophene rings is 1. The molecule has 2 heterocycles. The molecule has 0 aliphatic carbocycles. The van der Waals surface area contributed by atoms with Crippen LogP contribution < -0.4 is 0 Å². The fraction of sp³-hybridized carbons (Fsp3) is 0.136. The molecular formula is C22H18ClNO4S3. The standard InChI is InChI=1S/C22H18ClNO4S3/c1-29-16-8-4-14(5-9-16)19-21(31(27,28)18-10-6-15(23)7-11-18)20(25)22(26)24(19)13-17-3-2-12-30-17/h2-12,19,25H,13H2,1H3. The van der Waals surface area contributed by atoms with Gasteiger partial charge in [-0.1, -0.05) is 29.8 Å². The molecule has 0 bridgehead atoms. The number of hydrogen-bond acceptors (Lipinski definition) is 6. The molecule has 2 aromatic carbocycles. The number of benzene rings is 2. The first kappa shape index (κ1) is 22.0. The lowest BCUT2D eigenvalue weighted by atomic mass is 10.1. The summed E-state index contributed by atoms with van der Waals surface area (Å²) in [4.78, 5) is 16.0. The Kier molecular flexibility index (Phi) is 6.16. The van der Waals surface area contributed by atoms with Crippen LogP contribution in [0.4, 0.5) is 0 Å². The zero-order chi connectivity index (χ0) is 22.2. The van der Waals surface area contributed by atoms with E-state index < -0.39 is 27.5 Å². The van der Waals surface area contributed by atoms with Gasteiger partial charge in [-0.2, -0.15) is 0 Å². The van der Waals surface area contributed by atoms with Crippen molar-refractivity contribution in [2.24, 2.45) is 0 Å². The minimum Gasteiger partial charge on any atom is -0.502 e. The number of aliphatic hydroxyl groups excluding tert-OH is 1. The fourth-order valence-corrected chi connectivity index (χ4v) is 6.38. The van der Waals surface area contributed by atoms with Gasteiger partial charge in [0.1, 0.15) is 4.91 Å². The number of rotatable bonds is 6. The van der Waals surface area contributed by atoms with E-state index in [1.165, 1.54) is 40.5 Å². The Morgan fingerprint density at radius 3 is 2.35 bits per heavy atom. The molecular weight excluding hydrogens is 474 g/mol. The lowest BCUT2D eigenvalue weighted by molar-refractivity contribution is -0.130. The van der Waals surface area contributed by atoms with Crippen LogP contribution in [0.2, 0.25) is 5.02 Å². The lowest BCUT2D eigenvalue weighted by Crippen LogP contribution is -2.30. The molecule has 9 heteroatoms. The van der Waals surface area contributed by atoms with Crippen molar-refractivity contribution in [1.82, 2.24) is 4.90 Å². The fourth-order valence-electron chi connectivity index (χ4n) is 3.50. The van der Waals surface area contributed by atoms with Crippen LogP contribution in [-0.4, -0.2) is 30.6 Å². The van der Waals surface area contributed by atoms with Crippen LogP contribution in [-0.2, 0) is 21.2 Å². The van der Waals surface area contributed by atoms with Crippen molar-refractivity contribution in [2.75, 3.05) is 6.26 Å². The van der Waals surface area contributed by atoms with Crippen molar-refractivity contribution in [3.8, 4) is 0 Å². The van der Waals surface area contributed by atoms with E-state index in [1.54, 1.807) is 23.9 Å². The van der Waals surface area contributed by atoms with E-state index in [-0.39, 0.29) is 16.3 Å². The van der Waals surface area contributed by atoms with E-state index in [9.17, 15) is 18.3 Å². The largest absolute Gasteiger partial charge is 0.502 e. The summed E-state index contributed by atoms with van der Waals surface area (Å²) in [5.74, 6) is -1.45. The molecule has 3 aromatic rings. The average Bonchev–Trinajstić information content (AvgIpc) is 3.37. The first-order valence-electron chi connectivity index (χ1n) is 9.24. The SMILES string of the molecule is CSc1ccc(C2C(S(=O)(=O)c3ccc(Cl)cc3)=C(O)C(=O)N2Cc2cccs2)cc1.